The number of pyridine rings is 1. The summed E-state index contributed by atoms with van der Waals surface area (Å²) in [6.07, 6.45) is 2.21. The molecule has 0 saturated carbocycles. The number of carbonyl (C=O) groups is 2. The molecule has 0 aliphatic carbocycles. The number of nitrogens with one attached hydrogen (secondary N) is 1. The standard InChI is InChI=1S/C26H29N3O2/c1-26(2,21-14-8-5-9-15-21)23(29(3)25(31)20-12-6-4-7-13-20)17-19-28-24(30)22-16-10-11-18-27-22/h4-16,18,23H,17,19H2,1-3H3,(H,28,30)/t23-/m1/s1. The number of nitrogens with zero attached hydrogens (tertiary/aromatic N) is 2. The van der Waals surface area contributed by atoms with Crippen molar-refractivity contribution in [3.05, 3.63) is 102 Å². The maximum atomic E-state index is 13.2. The van der Waals surface area contributed by atoms with Crippen LogP contribution < -0.4 is 5.32 Å². The molecule has 160 valence electrons. The lowest BCUT2D eigenvalue weighted by molar-refractivity contribution is 0.0645. The van der Waals surface area contributed by atoms with Crippen LogP contribution in [0.4, 0.5) is 0 Å². The van der Waals surface area contributed by atoms with Gasteiger partial charge in [-0.2, -0.15) is 0 Å². The van der Waals surface area contributed by atoms with Crippen LogP contribution in [0.1, 0.15) is 46.7 Å². The van der Waals surface area contributed by atoms with Crippen LogP contribution in [0.2, 0.25) is 0 Å². The molecule has 0 fully saturated rings. The molecule has 1 aromatic heterocycles. The van der Waals surface area contributed by atoms with Gasteiger partial charge in [-0.25, -0.2) is 0 Å². The normalized spacial score (nSPS) is 12.1. The van der Waals surface area contributed by atoms with Gasteiger partial charge in [0, 0.05) is 36.8 Å². The van der Waals surface area contributed by atoms with Gasteiger partial charge in [-0.05, 0) is 36.2 Å². The molecule has 1 atom stereocenters. The van der Waals surface area contributed by atoms with Gasteiger partial charge in [0.1, 0.15) is 5.69 Å². The molecule has 1 N–H and O–H groups in total. The van der Waals surface area contributed by atoms with E-state index in [1.165, 1.54) is 0 Å². The van der Waals surface area contributed by atoms with E-state index in [-0.39, 0.29) is 23.3 Å². The number of amides is 2. The first-order valence-electron chi connectivity index (χ1n) is 10.5. The highest BCUT2D eigenvalue weighted by Crippen LogP contribution is 2.32. The molecule has 0 saturated heterocycles. The Bertz CT molecular complexity index is 989. The van der Waals surface area contributed by atoms with Crippen molar-refractivity contribution in [1.82, 2.24) is 15.2 Å². The molecule has 3 aromatic rings. The topological polar surface area (TPSA) is 62.3 Å². The van der Waals surface area contributed by atoms with E-state index in [0.29, 0.717) is 24.2 Å². The minimum atomic E-state index is -0.323. The predicted octanol–water partition coefficient (Wildman–Crippen LogP) is 4.32. The Kier molecular flexibility index (Phi) is 7.19. The van der Waals surface area contributed by atoms with Crippen LogP contribution in [0.3, 0.4) is 0 Å². The zero-order valence-electron chi connectivity index (χ0n) is 18.3. The first-order chi connectivity index (χ1) is 14.9. The van der Waals surface area contributed by atoms with E-state index in [4.69, 9.17) is 0 Å². The first kappa shape index (κ1) is 22.2. The van der Waals surface area contributed by atoms with Crippen molar-refractivity contribution in [2.45, 2.75) is 31.7 Å². The Balaban J connectivity index is 1.80. The fourth-order valence-electron chi connectivity index (χ4n) is 3.93. The highest BCUT2D eigenvalue weighted by molar-refractivity contribution is 5.94. The molecule has 5 heteroatoms. The highest BCUT2D eigenvalue weighted by atomic mass is 16.2. The monoisotopic (exact) mass is 415 g/mol. The van der Waals surface area contributed by atoms with Crippen molar-refractivity contribution >= 4 is 11.8 Å². The maximum absolute atomic E-state index is 13.2. The summed E-state index contributed by atoms with van der Waals surface area (Å²) < 4.78 is 0. The predicted molar refractivity (Wildman–Crippen MR) is 123 cm³/mol. The quantitative estimate of drug-likeness (QED) is 0.596. The summed E-state index contributed by atoms with van der Waals surface area (Å²) in [6.45, 7) is 4.72. The zero-order valence-corrected chi connectivity index (χ0v) is 18.3. The second-order valence-corrected chi connectivity index (χ2v) is 8.15. The molecule has 0 aliphatic rings. The molecule has 0 unspecified atom stereocenters. The van der Waals surface area contributed by atoms with Crippen LogP contribution in [0.25, 0.3) is 0 Å². The first-order valence-corrected chi connectivity index (χ1v) is 10.5. The second-order valence-electron chi connectivity index (χ2n) is 8.15. The number of benzene rings is 2. The third kappa shape index (κ3) is 5.37. The van der Waals surface area contributed by atoms with Crippen molar-refractivity contribution in [3.63, 3.8) is 0 Å². The van der Waals surface area contributed by atoms with Crippen LogP contribution in [-0.2, 0) is 5.41 Å². The Morgan fingerprint density at radius 3 is 2.16 bits per heavy atom. The van der Waals surface area contributed by atoms with Crippen LogP contribution in [0.15, 0.2) is 85.1 Å². The van der Waals surface area contributed by atoms with Gasteiger partial charge >= 0.3 is 0 Å². The molecule has 2 aromatic carbocycles. The van der Waals surface area contributed by atoms with Crippen LogP contribution in [-0.4, -0.2) is 41.3 Å². The van der Waals surface area contributed by atoms with Crippen molar-refractivity contribution in [2.24, 2.45) is 0 Å². The third-order valence-corrected chi connectivity index (χ3v) is 5.76. The SMILES string of the molecule is CN(C(=O)c1ccccc1)[C@H](CCNC(=O)c1ccccn1)C(C)(C)c1ccccc1. The zero-order chi connectivity index (χ0) is 22.3. The van der Waals surface area contributed by atoms with Gasteiger partial charge in [-0.1, -0.05) is 68.4 Å². The molecule has 2 amide bonds. The van der Waals surface area contributed by atoms with E-state index in [0.717, 1.165) is 5.56 Å². The van der Waals surface area contributed by atoms with Gasteiger partial charge in [-0.3, -0.25) is 14.6 Å². The summed E-state index contributed by atoms with van der Waals surface area (Å²) in [5.74, 6) is -0.250. The lowest BCUT2D eigenvalue weighted by atomic mass is 9.75. The van der Waals surface area contributed by atoms with E-state index in [2.05, 4.69) is 36.3 Å². The second kappa shape index (κ2) is 10.0. The van der Waals surface area contributed by atoms with Crippen molar-refractivity contribution < 1.29 is 9.59 Å². The fraction of sp³-hybridized carbons (Fsp3) is 0.269. The van der Waals surface area contributed by atoms with E-state index in [1.807, 2.05) is 55.6 Å². The summed E-state index contributed by atoms with van der Waals surface area (Å²) in [5.41, 5.74) is 1.85. The lowest BCUT2D eigenvalue weighted by Gasteiger charge is -2.41. The summed E-state index contributed by atoms with van der Waals surface area (Å²) >= 11 is 0. The molecule has 0 bridgehead atoms. The Morgan fingerprint density at radius 1 is 0.935 bits per heavy atom. The van der Waals surface area contributed by atoms with E-state index in [9.17, 15) is 9.59 Å². The van der Waals surface area contributed by atoms with Gasteiger partial charge in [0.2, 0.25) is 0 Å². The number of likely N-dealkylation sites (N-methyl/N-ethyl adjacent to an activating group) is 1. The van der Waals surface area contributed by atoms with Crippen molar-refractivity contribution in [3.8, 4) is 0 Å². The van der Waals surface area contributed by atoms with Crippen LogP contribution in [0.5, 0.6) is 0 Å². The smallest absolute Gasteiger partial charge is 0.269 e. The summed E-state index contributed by atoms with van der Waals surface area (Å²) in [4.78, 5) is 31.5. The average Bonchev–Trinajstić information content (AvgIpc) is 2.82. The van der Waals surface area contributed by atoms with Crippen LogP contribution in [0, 0.1) is 0 Å². The molecule has 1 heterocycles. The number of hydrogen-bond donors (Lipinski definition) is 1. The Labute approximate surface area is 184 Å². The van der Waals surface area contributed by atoms with Gasteiger partial charge in [0.25, 0.3) is 11.8 Å². The lowest BCUT2D eigenvalue weighted by Crippen LogP contribution is -2.50. The molecular formula is C26H29N3O2. The fourth-order valence-corrected chi connectivity index (χ4v) is 3.93. The summed E-state index contributed by atoms with van der Waals surface area (Å²) in [5, 5.41) is 2.95. The third-order valence-electron chi connectivity index (χ3n) is 5.76. The molecule has 5 nitrogen and oxygen atoms in total. The average molecular weight is 416 g/mol. The number of hydrogen-bond acceptors (Lipinski definition) is 3. The largest absolute Gasteiger partial charge is 0.351 e. The molecule has 0 radical (unpaired) electrons. The number of rotatable bonds is 8. The molecule has 0 spiro atoms. The van der Waals surface area contributed by atoms with E-state index >= 15 is 0 Å². The molecular weight excluding hydrogens is 386 g/mol. The van der Waals surface area contributed by atoms with Crippen LogP contribution >= 0.6 is 0 Å². The summed E-state index contributed by atoms with van der Waals surface area (Å²) in [6, 6.07) is 24.6. The highest BCUT2D eigenvalue weighted by Gasteiger charge is 2.36. The van der Waals surface area contributed by atoms with E-state index in [1.54, 1.807) is 29.3 Å². The molecule has 0 aliphatic heterocycles. The number of aromatic nitrogens is 1. The molecule has 3 rings (SSSR count). The minimum Gasteiger partial charge on any atom is -0.351 e. The van der Waals surface area contributed by atoms with Gasteiger partial charge in [-0.15, -0.1) is 0 Å². The molecule has 31 heavy (non-hydrogen) atoms. The van der Waals surface area contributed by atoms with Gasteiger partial charge < -0.3 is 10.2 Å². The number of carbonyl (C=O) groups excluding carboxylic acids is 2. The maximum Gasteiger partial charge on any atom is 0.269 e. The Morgan fingerprint density at radius 2 is 1.55 bits per heavy atom. The van der Waals surface area contributed by atoms with E-state index < -0.39 is 0 Å². The van der Waals surface area contributed by atoms with Gasteiger partial charge in [0.05, 0.1) is 0 Å². The minimum absolute atomic E-state index is 0.0364. The Hall–Kier alpha value is -3.47. The van der Waals surface area contributed by atoms with Crippen molar-refractivity contribution in [2.75, 3.05) is 13.6 Å². The van der Waals surface area contributed by atoms with Crippen molar-refractivity contribution in [1.29, 1.82) is 0 Å². The van der Waals surface area contributed by atoms with Gasteiger partial charge in [0.15, 0.2) is 0 Å². The summed E-state index contributed by atoms with van der Waals surface area (Å²) in [7, 11) is 1.84.